The Bertz CT molecular complexity index is 189. The molecule has 3 N–H and O–H groups in total. The summed E-state index contributed by atoms with van der Waals surface area (Å²) in [6, 6.07) is 0.149. The predicted molar refractivity (Wildman–Crippen MR) is 38.1 cm³/mol. The number of nitrogens with two attached hydrogens (primary N) is 1. The van der Waals surface area contributed by atoms with Crippen LogP contribution in [0.1, 0.15) is 24.1 Å². The molecule has 0 fully saturated rings. The number of aryl methyl sites for hydroxylation is 1. The van der Waals surface area contributed by atoms with E-state index < -0.39 is 0 Å². The fourth-order valence-electron chi connectivity index (χ4n) is 0.944. The largest absolute Gasteiger partial charge is 0.367 e. The molecule has 50 valence electrons. The Kier molecular flexibility index (Phi) is 1.58. The van der Waals surface area contributed by atoms with Gasteiger partial charge in [0.1, 0.15) is 0 Å². The number of H-pyrrole nitrogens is 1. The lowest BCUT2D eigenvalue weighted by atomic mass is 10.1. The molecule has 0 aliphatic rings. The summed E-state index contributed by atoms with van der Waals surface area (Å²) in [5.74, 6) is 0. The summed E-state index contributed by atoms with van der Waals surface area (Å²) < 4.78 is 0. The van der Waals surface area contributed by atoms with Crippen molar-refractivity contribution in [2.45, 2.75) is 19.9 Å². The molecule has 0 aromatic carbocycles. The molecular formula is C7H12N2. The van der Waals surface area contributed by atoms with Gasteiger partial charge in [-0.2, -0.15) is 0 Å². The van der Waals surface area contributed by atoms with Gasteiger partial charge < -0.3 is 10.7 Å². The molecule has 0 aliphatic heterocycles. The lowest BCUT2D eigenvalue weighted by Gasteiger charge is -2.01. The van der Waals surface area contributed by atoms with E-state index in [1.54, 1.807) is 0 Å². The second-order valence-electron chi connectivity index (χ2n) is 2.38. The van der Waals surface area contributed by atoms with Gasteiger partial charge in [-0.1, -0.05) is 0 Å². The highest BCUT2D eigenvalue weighted by atomic mass is 14.7. The van der Waals surface area contributed by atoms with Gasteiger partial charge >= 0.3 is 0 Å². The Balaban J connectivity index is 2.94. The van der Waals surface area contributed by atoms with E-state index in [0.29, 0.717) is 0 Å². The monoisotopic (exact) mass is 124 g/mol. The van der Waals surface area contributed by atoms with Crippen molar-refractivity contribution in [3.8, 4) is 0 Å². The summed E-state index contributed by atoms with van der Waals surface area (Å²) in [6.07, 6.45) is 3.90. The number of aromatic amines is 1. The zero-order chi connectivity index (χ0) is 6.85. The SMILES string of the molecule is Cc1c[nH]cc1C(C)N. The Labute approximate surface area is 55.1 Å². The first-order valence-electron chi connectivity index (χ1n) is 3.10. The van der Waals surface area contributed by atoms with Crippen LogP contribution in [0, 0.1) is 6.92 Å². The van der Waals surface area contributed by atoms with E-state index in [2.05, 4.69) is 11.9 Å². The second-order valence-corrected chi connectivity index (χ2v) is 2.38. The predicted octanol–water partition coefficient (Wildman–Crippen LogP) is 1.34. The maximum Gasteiger partial charge on any atom is 0.0283 e. The minimum Gasteiger partial charge on any atom is -0.367 e. The van der Waals surface area contributed by atoms with Crippen molar-refractivity contribution in [1.29, 1.82) is 0 Å². The Hall–Kier alpha value is -0.760. The fourth-order valence-corrected chi connectivity index (χ4v) is 0.944. The summed E-state index contributed by atoms with van der Waals surface area (Å²) >= 11 is 0. The van der Waals surface area contributed by atoms with E-state index >= 15 is 0 Å². The van der Waals surface area contributed by atoms with Gasteiger partial charge in [-0.25, -0.2) is 0 Å². The van der Waals surface area contributed by atoms with Crippen LogP contribution in [-0.4, -0.2) is 4.98 Å². The average molecular weight is 124 g/mol. The van der Waals surface area contributed by atoms with Crippen LogP contribution in [0.15, 0.2) is 12.4 Å². The number of hydrogen-bond donors (Lipinski definition) is 2. The van der Waals surface area contributed by atoms with Gasteiger partial charge in [-0.3, -0.25) is 0 Å². The van der Waals surface area contributed by atoms with Crippen LogP contribution >= 0.6 is 0 Å². The molecule has 1 atom stereocenters. The molecule has 1 rings (SSSR count). The first kappa shape index (κ1) is 6.36. The van der Waals surface area contributed by atoms with E-state index in [0.717, 1.165) is 0 Å². The molecule has 1 aromatic heterocycles. The Morgan fingerprint density at radius 2 is 2.22 bits per heavy atom. The molecule has 2 nitrogen and oxygen atoms in total. The minimum atomic E-state index is 0.149. The van der Waals surface area contributed by atoms with Crippen LogP contribution < -0.4 is 5.73 Å². The van der Waals surface area contributed by atoms with Gasteiger partial charge in [0.15, 0.2) is 0 Å². The van der Waals surface area contributed by atoms with Gasteiger partial charge in [0.25, 0.3) is 0 Å². The summed E-state index contributed by atoms with van der Waals surface area (Å²) in [5, 5.41) is 0. The van der Waals surface area contributed by atoms with Crippen LogP contribution in [0.3, 0.4) is 0 Å². The molecule has 0 amide bonds. The minimum absolute atomic E-state index is 0.149. The molecule has 1 aromatic rings. The molecular weight excluding hydrogens is 112 g/mol. The van der Waals surface area contributed by atoms with Gasteiger partial charge in [-0.05, 0) is 25.0 Å². The maximum absolute atomic E-state index is 5.64. The fraction of sp³-hybridized carbons (Fsp3) is 0.429. The van der Waals surface area contributed by atoms with Crippen LogP contribution in [0.25, 0.3) is 0 Å². The number of hydrogen-bond acceptors (Lipinski definition) is 1. The number of rotatable bonds is 1. The van der Waals surface area contributed by atoms with Crippen LogP contribution in [0.5, 0.6) is 0 Å². The van der Waals surface area contributed by atoms with Crippen molar-refractivity contribution in [2.75, 3.05) is 0 Å². The number of aromatic nitrogens is 1. The van der Waals surface area contributed by atoms with Crippen molar-refractivity contribution in [1.82, 2.24) is 4.98 Å². The Morgan fingerprint density at radius 1 is 1.56 bits per heavy atom. The van der Waals surface area contributed by atoms with E-state index in [-0.39, 0.29) is 6.04 Å². The first-order valence-corrected chi connectivity index (χ1v) is 3.10. The molecule has 0 saturated heterocycles. The zero-order valence-electron chi connectivity index (χ0n) is 5.81. The Morgan fingerprint density at radius 3 is 2.44 bits per heavy atom. The van der Waals surface area contributed by atoms with Crippen molar-refractivity contribution < 1.29 is 0 Å². The van der Waals surface area contributed by atoms with E-state index in [4.69, 9.17) is 5.73 Å². The zero-order valence-corrected chi connectivity index (χ0v) is 5.81. The molecule has 9 heavy (non-hydrogen) atoms. The van der Waals surface area contributed by atoms with Gasteiger partial charge in [0, 0.05) is 18.4 Å². The summed E-state index contributed by atoms with van der Waals surface area (Å²) in [6.45, 7) is 4.03. The number of nitrogens with one attached hydrogen (secondary N) is 1. The molecule has 0 radical (unpaired) electrons. The highest BCUT2D eigenvalue weighted by Crippen LogP contribution is 2.12. The van der Waals surface area contributed by atoms with Crippen LogP contribution in [-0.2, 0) is 0 Å². The van der Waals surface area contributed by atoms with Crippen molar-refractivity contribution >= 4 is 0 Å². The summed E-state index contributed by atoms with van der Waals surface area (Å²) in [5.41, 5.74) is 8.08. The molecule has 2 heteroatoms. The third-order valence-corrected chi connectivity index (χ3v) is 1.48. The van der Waals surface area contributed by atoms with Crippen molar-refractivity contribution in [2.24, 2.45) is 5.73 Å². The van der Waals surface area contributed by atoms with Gasteiger partial charge in [0.05, 0.1) is 0 Å². The lowest BCUT2D eigenvalue weighted by Crippen LogP contribution is -2.04. The molecule has 0 bridgehead atoms. The highest BCUT2D eigenvalue weighted by molar-refractivity contribution is 5.23. The van der Waals surface area contributed by atoms with Gasteiger partial charge in [-0.15, -0.1) is 0 Å². The first-order chi connectivity index (χ1) is 4.22. The van der Waals surface area contributed by atoms with Gasteiger partial charge in [0.2, 0.25) is 0 Å². The second kappa shape index (κ2) is 2.23. The van der Waals surface area contributed by atoms with E-state index in [1.807, 2.05) is 19.3 Å². The normalized spacial score (nSPS) is 13.7. The van der Waals surface area contributed by atoms with E-state index in [9.17, 15) is 0 Å². The van der Waals surface area contributed by atoms with E-state index in [1.165, 1.54) is 11.1 Å². The molecule has 0 aliphatic carbocycles. The molecule has 0 spiro atoms. The third-order valence-electron chi connectivity index (χ3n) is 1.48. The smallest absolute Gasteiger partial charge is 0.0283 e. The molecule has 1 unspecified atom stereocenters. The van der Waals surface area contributed by atoms with Crippen molar-refractivity contribution in [3.05, 3.63) is 23.5 Å². The molecule has 0 saturated carbocycles. The topological polar surface area (TPSA) is 41.8 Å². The summed E-state index contributed by atoms with van der Waals surface area (Å²) in [4.78, 5) is 3.00. The van der Waals surface area contributed by atoms with Crippen LogP contribution in [0.2, 0.25) is 0 Å². The van der Waals surface area contributed by atoms with Crippen molar-refractivity contribution in [3.63, 3.8) is 0 Å². The average Bonchev–Trinajstić information content (AvgIpc) is 2.13. The van der Waals surface area contributed by atoms with Crippen LogP contribution in [0.4, 0.5) is 0 Å². The summed E-state index contributed by atoms with van der Waals surface area (Å²) in [7, 11) is 0. The standard InChI is InChI=1S/C7H12N2/c1-5-3-9-4-7(5)6(2)8/h3-4,6,9H,8H2,1-2H3. The lowest BCUT2D eigenvalue weighted by molar-refractivity contribution is 0.813. The highest BCUT2D eigenvalue weighted by Gasteiger charge is 2.01. The quantitative estimate of drug-likeness (QED) is 0.583. The third kappa shape index (κ3) is 1.13. The maximum atomic E-state index is 5.64. The molecule has 1 heterocycles.